The zero-order valence-electron chi connectivity index (χ0n) is 13.0. The molecule has 0 bridgehead atoms. The number of hydrogen-bond donors (Lipinski definition) is 0. The first kappa shape index (κ1) is 14.7. The van der Waals surface area contributed by atoms with Gasteiger partial charge in [-0.15, -0.1) is 0 Å². The molecule has 0 aromatic heterocycles. The molecule has 0 saturated heterocycles. The lowest BCUT2D eigenvalue weighted by Crippen LogP contribution is -2.53. The molecule has 0 unspecified atom stereocenters. The molecule has 5 heteroatoms. The van der Waals surface area contributed by atoms with E-state index in [0.29, 0.717) is 5.56 Å². The average molecular weight is 276 g/mol. The third-order valence-electron chi connectivity index (χ3n) is 4.52. The molecular weight excluding hydrogens is 254 g/mol. The summed E-state index contributed by atoms with van der Waals surface area (Å²) < 4.78 is 0.842. The minimum Gasteiger partial charge on any atom is -0.714 e. The van der Waals surface area contributed by atoms with Crippen molar-refractivity contribution in [2.24, 2.45) is 0 Å². The molecule has 0 atom stereocenters. The summed E-state index contributed by atoms with van der Waals surface area (Å²) in [5.41, 5.74) is 0.0512. The maximum absolute atomic E-state index is 12.6. The predicted octanol–water partition coefficient (Wildman–Crippen LogP) is 2.23. The number of amidine groups is 1. The predicted molar refractivity (Wildman–Crippen MR) is 79.2 cm³/mol. The molecule has 0 spiro atoms. The van der Waals surface area contributed by atoms with E-state index >= 15 is 0 Å². The molecule has 0 amide bonds. The first-order chi connectivity index (χ1) is 9.10. The van der Waals surface area contributed by atoms with Crippen LogP contribution in [0.15, 0.2) is 24.3 Å². The van der Waals surface area contributed by atoms with Crippen molar-refractivity contribution in [2.45, 2.75) is 38.8 Å². The van der Waals surface area contributed by atoms with Gasteiger partial charge in [0.2, 0.25) is 0 Å². The largest absolute Gasteiger partial charge is 0.714 e. The molecule has 0 N–H and O–H groups in total. The van der Waals surface area contributed by atoms with Crippen LogP contribution >= 0.6 is 0 Å². The van der Waals surface area contributed by atoms with Gasteiger partial charge in [-0.2, -0.15) is 0 Å². The smallest absolute Gasteiger partial charge is 0.316 e. The zero-order valence-corrected chi connectivity index (χ0v) is 13.0. The van der Waals surface area contributed by atoms with Crippen molar-refractivity contribution in [1.29, 1.82) is 0 Å². The van der Waals surface area contributed by atoms with Gasteiger partial charge in [0, 0.05) is 25.0 Å². The van der Waals surface area contributed by atoms with Crippen LogP contribution in [0.3, 0.4) is 0 Å². The summed E-state index contributed by atoms with van der Waals surface area (Å²) in [4.78, 5) is 1.94. The van der Waals surface area contributed by atoms with E-state index in [1.54, 1.807) is 33.8 Å². The van der Waals surface area contributed by atoms with Crippen LogP contribution in [0.25, 0.3) is 0 Å². The van der Waals surface area contributed by atoms with E-state index in [1.807, 2.05) is 37.2 Å². The molecule has 1 aromatic rings. The van der Waals surface area contributed by atoms with Crippen LogP contribution < -0.4 is 4.90 Å². The molecule has 2 rings (SSSR count). The lowest BCUT2D eigenvalue weighted by molar-refractivity contribution is -0.539. The molecule has 1 aromatic carbocycles. The molecule has 0 fully saturated rings. The van der Waals surface area contributed by atoms with Crippen LogP contribution in [0.5, 0.6) is 0 Å². The Bertz CT molecular complexity index is 562. The van der Waals surface area contributed by atoms with Crippen LogP contribution in [-0.2, 0) is 5.21 Å². The second-order valence-corrected chi connectivity index (χ2v) is 6.48. The van der Waals surface area contributed by atoms with Gasteiger partial charge in [0.1, 0.15) is 5.54 Å². The molecule has 1 radical (unpaired) electrons. The SMILES string of the molecule is CN(C)c1cccc(C2=[N+]([O-])C(C)(C)C(C)(C)N2[O])c1. The highest BCUT2D eigenvalue weighted by Gasteiger charge is 2.59. The van der Waals surface area contributed by atoms with Gasteiger partial charge in [-0.1, -0.05) is 11.1 Å². The average Bonchev–Trinajstić information content (AvgIpc) is 2.49. The Morgan fingerprint density at radius 3 is 2.25 bits per heavy atom. The fourth-order valence-electron chi connectivity index (χ4n) is 2.27. The highest BCUT2D eigenvalue weighted by molar-refractivity contribution is 5.96. The molecule has 1 aliphatic heterocycles. The first-order valence-electron chi connectivity index (χ1n) is 6.70. The van der Waals surface area contributed by atoms with Crippen molar-refractivity contribution >= 4 is 11.5 Å². The molecule has 109 valence electrons. The van der Waals surface area contributed by atoms with Gasteiger partial charge < -0.3 is 10.1 Å². The van der Waals surface area contributed by atoms with E-state index in [2.05, 4.69) is 0 Å². The van der Waals surface area contributed by atoms with E-state index in [-0.39, 0.29) is 5.84 Å². The quantitative estimate of drug-likeness (QED) is 0.615. The summed E-state index contributed by atoms with van der Waals surface area (Å²) in [5, 5.41) is 26.0. The number of hydrogen-bond acceptors (Lipinski definition) is 3. The van der Waals surface area contributed by atoms with Crippen LogP contribution in [0.4, 0.5) is 5.69 Å². The lowest BCUT2D eigenvalue weighted by Gasteiger charge is -2.32. The van der Waals surface area contributed by atoms with Gasteiger partial charge in [-0.05, 0) is 45.9 Å². The number of nitrogens with zero attached hydrogens (tertiary/aromatic N) is 3. The lowest BCUT2D eigenvalue weighted by atomic mass is 9.84. The molecule has 1 aliphatic rings. The first-order valence-corrected chi connectivity index (χ1v) is 6.70. The number of benzene rings is 1. The summed E-state index contributed by atoms with van der Waals surface area (Å²) in [7, 11) is 3.85. The minimum absolute atomic E-state index is 0.184. The van der Waals surface area contributed by atoms with E-state index in [1.165, 1.54) is 0 Å². The molecule has 0 saturated carbocycles. The Hall–Kier alpha value is -1.75. The normalized spacial score (nSPS) is 20.4. The van der Waals surface area contributed by atoms with Crippen molar-refractivity contribution in [3.05, 3.63) is 35.0 Å². The maximum Gasteiger partial charge on any atom is 0.316 e. The minimum atomic E-state index is -0.780. The van der Waals surface area contributed by atoms with Crippen molar-refractivity contribution in [3.8, 4) is 0 Å². The van der Waals surface area contributed by atoms with Crippen molar-refractivity contribution in [2.75, 3.05) is 19.0 Å². The Labute approximate surface area is 120 Å². The number of rotatable bonds is 2. The topological polar surface area (TPSA) is 52.4 Å². The molecule has 5 nitrogen and oxygen atoms in total. The van der Waals surface area contributed by atoms with Crippen molar-refractivity contribution < 1.29 is 9.95 Å². The van der Waals surface area contributed by atoms with Crippen LogP contribution in [0.2, 0.25) is 0 Å². The van der Waals surface area contributed by atoms with Gasteiger partial charge in [-0.3, -0.25) is 4.74 Å². The van der Waals surface area contributed by atoms with Crippen LogP contribution in [0.1, 0.15) is 33.3 Å². The fraction of sp³-hybridized carbons (Fsp3) is 0.533. The number of anilines is 1. The Morgan fingerprint density at radius 1 is 1.20 bits per heavy atom. The monoisotopic (exact) mass is 276 g/mol. The Morgan fingerprint density at radius 2 is 1.80 bits per heavy atom. The van der Waals surface area contributed by atoms with Gasteiger partial charge in [0.15, 0.2) is 5.54 Å². The van der Waals surface area contributed by atoms with Crippen LogP contribution in [-0.4, -0.2) is 40.8 Å². The second-order valence-electron chi connectivity index (χ2n) is 6.48. The highest BCUT2D eigenvalue weighted by atomic mass is 16.5. The van der Waals surface area contributed by atoms with Crippen molar-refractivity contribution in [3.63, 3.8) is 0 Å². The van der Waals surface area contributed by atoms with E-state index < -0.39 is 11.1 Å². The third-order valence-corrected chi connectivity index (χ3v) is 4.52. The van der Waals surface area contributed by atoms with Crippen LogP contribution in [0, 0.1) is 5.21 Å². The standard InChI is InChI=1S/C15H22N3O2/c1-14(2)15(3,4)18(20)13(17(14)19)11-8-7-9-12(10-11)16(5)6/h7-10H,1-6H3. The summed E-state index contributed by atoms with van der Waals surface area (Å²) >= 11 is 0. The summed E-state index contributed by atoms with van der Waals surface area (Å²) in [5.74, 6) is 0.184. The van der Waals surface area contributed by atoms with Gasteiger partial charge >= 0.3 is 5.84 Å². The summed E-state index contributed by atoms with van der Waals surface area (Å²) in [6.45, 7) is 7.20. The Kier molecular flexibility index (Phi) is 3.21. The van der Waals surface area contributed by atoms with Crippen molar-refractivity contribution in [1.82, 2.24) is 5.06 Å². The molecular formula is C15H22N3O2. The summed E-state index contributed by atoms with van der Waals surface area (Å²) in [6.07, 6.45) is 0. The Balaban J connectivity index is 2.58. The number of hydroxylamine groups is 3. The third kappa shape index (κ3) is 1.85. The van der Waals surface area contributed by atoms with E-state index in [0.717, 1.165) is 15.5 Å². The highest BCUT2D eigenvalue weighted by Crippen LogP contribution is 2.37. The molecule has 20 heavy (non-hydrogen) atoms. The molecule has 1 heterocycles. The summed E-state index contributed by atoms with van der Waals surface area (Å²) in [6, 6.07) is 7.47. The maximum atomic E-state index is 12.6. The molecule has 0 aliphatic carbocycles. The van der Waals surface area contributed by atoms with Gasteiger partial charge in [0.05, 0.1) is 5.56 Å². The zero-order chi connectivity index (χ0) is 15.3. The van der Waals surface area contributed by atoms with E-state index in [4.69, 9.17) is 0 Å². The second kappa shape index (κ2) is 4.38. The van der Waals surface area contributed by atoms with Gasteiger partial charge in [-0.25, -0.2) is 0 Å². The van der Waals surface area contributed by atoms with E-state index in [9.17, 15) is 10.4 Å². The fourth-order valence-corrected chi connectivity index (χ4v) is 2.27. The van der Waals surface area contributed by atoms with Gasteiger partial charge in [0.25, 0.3) is 0 Å².